The molecule has 0 heterocycles. The van der Waals surface area contributed by atoms with Crippen LogP contribution in [0.15, 0.2) is 22.8 Å². The van der Waals surface area contributed by atoms with Gasteiger partial charge < -0.3 is 20.4 Å². The molecule has 4 aliphatic carbocycles. The summed E-state index contributed by atoms with van der Waals surface area (Å²) in [5.74, 6) is -1.25. The number of hydrogen-bond donors (Lipinski definition) is 4. The summed E-state index contributed by atoms with van der Waals surface area (Å²) in [5.41, 5.74) is 3.41. The van der Waals surface area contributed by atoms with Gasteiger partial charge in [-0.05, 0) is 92.3 Å². The van der Waals surface area contributed by atoms with Crippen LogP contribution in [0.1, 0.15) is 99.3 Å². The molecule has 4 rings (SSSR count). The Balaban J connectivity index is 1.71. The Morgan fingerprint density at radius 2 is 1.74 bits per heavy atom. The molecule has 0 spiro atoms. The number of aliphatic hydroxyl groups excluding tert-OH is 3. The Morgan fingerprint density at radius 3 is 2.37 bits per heavy atom. The fraction of sp³-hybridized carbons (Fsp3) is 0.833. The van der Waals surface area contributed by atoms with Crippen LogP contribution >= 0.6 is 0 Å². The average molecular weight is 489 g/mol. The van der Waals surface area contributed by atoms with Crippen molar-refractivity contribution < 1.29 is 25.2 Å². The lowest BCUT2D eigenvalue weighted by atomic mass is 9.43. The molecule has 0 aromatic rings. The highest BCUT2D eigenvalue weighted by molar-refractivity contribution is 5.71. The van der Waals surface area contributed by atoms with Gasteiger partial charge in [-0.15, -0.1) is 0 Å². The van der Waals surface area contributed by atoms with Gasteiger partial charge in [0.05, 0.1) is 24.7 Å². The van der Waals surface area contributed by atoms with Gasteiger partial charge in [0.2, 0.25) is 0 Å². The topological polar surface area (TPSA) is 98.0 Å². The Kier molecular flexibility index (Phi) is 6.90. The van der Waals surface area contributed by atoms with E-state index in [1.165, 1.54) is 5.57 Å². The molecule has 8 atom stereocenters. The molecule has 5 nitrogen and oxygen atoms in total. The smallest absolute Gasteiger partial charge is 0.306 e. The minimum Gasteiger partial charge on any atom is -0.481 e. The maximum atomic E-state index is 12.5. The van der Waals surface area contributed by atoms with Crippen molar-refractivity contribution in [2.45, 2.75) is 112 Å². The first kappa shape index (κ1) is 26.9. The third-order valence-corrected chi connectivity index (χ3v) is 11.8. The molecule has 0 aromatic carbocycles. The van der Waals surface area contributed by atoms with Gasteiger partial charge in [0.1, 0.15) is 0 Å². The van der Waals surface area contributed by atoms with Crippen molar-refractivity contribution in [1.29, 1.82) is 0 Å². The van der Waals surface area contributed by atoms with Gasteiger partial charge >= 0.3 is 5.97 Å². The minimum atomic E-state index is -0.812. The third-order valence-electron chi connectivity index (χ3n) is 11.8. The largest absolute Gasteiger partial charge is 0.481 e. The molecule has 4 N–H and O–H groups in total. The molecule has 2 fully saturated rings. The van der Waals surface area contributed by atoms with Crippen LogP contribution in [0.3, 0.4) is 0 Å². The van der Waals surface area contributed by atoms with Crippen molar-refractivity contribution in [3.05, 3.63) is 22.8 Å². The van der Waals surface area contributed by atoms with Gasteiger partial charge in [-0.1, -0.05) is 57.4 Å². The molecule has 0 unspecified atom stereocenters. The number of aliphatic hydroxyl groups is 3. The van der Waals surface area contributed by atoms with E-state index in [-0.39, 0.29) is 40.3 Å². The lowest BCUT2D eigenvalue weighted by Gasteiger charge is -2.62. The SMILES string of the molecule is C/C(=C\CC[C@@H](C(=O)O)[C@H]1[C@H](O)C[C@@]2(C)C3=C(CC[C@]12C)[C@@]1(C)CC[C@@H](O)C(C)(C)[C@@H]1CC3)CO. The van der Waals surface area contributed by atoms with Gasteiger partial charge in [0, 0.05) is 5.92 Å². The second-order valence-electron chi connectivity index (χ2n) is 13.6. The molecule has 2 saturated carbocycles. The molecule has 0 saturated heterocycles. The van der Waals surface area contributed by atoms with Gasteiger partial charge in [-0.25, -0.2) is 0 Å². The van der Waals surface area contributed by atoms with E-state index in [2.05, 4.69) is 34.6 Å². The maximum Gasteiger partial charge on any atom is 0.306 e. The minimum absolute atomic E-state index is 0.00982. The fourth-order valence-corrected chi connectivity index (χ4v) is 9.53. The van der Waals surface area contributed by atoms with E-state index in [4.69, 9.17) is 0 Å². The highest BCUT2D eigenvalue weighted by atomic mass is 16.4. The van der Waals surface area contributed by atoms with Crippen LogP contribution in [-0.2, 0) is 4.79 Å². The van der Waals surface area contributed by atoms with Crippen molar-refractivity contribution in [2.75, 3.05) is 6.61 Å². The third kappa shape index (κ3) is 3.87. The lowest BCUT2D eigenvalue weighted by molar-refractivity contribution is -0.149. The molecule has 198 valence electrons. The van der Waals surface area contributed by atoms with Gasteiger partial charge in [-0.2, -0.15) is 0 Å². The zero-order valence-electron chi connectivity index (χ0n) is 22.7. The van der Waals surface area contributed by atoms with Crippen molar-refractivity contribution in [3.8, 4) is 0 Å². The molecular weight excluding hydrogens is 440 g/mol. The maximum absolute atomic E-state index is 12.5. The Bertz CT molecular complexity index is 918. The van der Waals surface area contributed by atoms with E-state index in [0.29, 0.717) is 25.2 Å². The first-order valence-electron chi connectivity index (χ1n) is 13.8. The molecular formula is C30H48O5. The summed E-state index contributed by atoms with van der Waals surface area (Å²) >= 11 is 0. The standard InChI is InChI=1S/C30H48O5/c1-18(17-31)8-7-9-19(26(34)35)25-22(32)16-30(6)21-10-11-23-27(2,3)24(33)13-14-28(23,4)20(21)12-15-29(25,30)5/h8,19,22-25,31-33H,7,9-17H2,1-6H3,(H,34,35)/b18-8+/t19-,22-,23+,24-,25+,28-,29-,30+/m1/s1. The van der Waals surface area contributed by atoms with Crippen molar-refractivity contribution in [2.24, 2.45) is 39.4 Å². The number of aliphatic carboxylic acids is 1. The number of fused-ring (bicyclic) bond motifs is 4. The van der Waals surface area contributed by atoms with Crippen molar-refractivity contribution in [3.63, 3.8) is 0 Å². The molecule has 0 radical (unpaired) electrons. The van der Waals surface area contributed by atoms with Crippen LogP contribution in [0.5, 0.6) is 0 Å². The Morgan fingerprint density at radius 1 is 1.06 bits per heavy atom. The van der Waals surface area contributed by atoms with E-state index in [9.17, 15) is 25.2 Å². The molecule has 0 aliphatic heterocycles. The lowest BCUT2D eigenvalue weighted by Crippen LogP contribution is -2.55. The van der Waals surface area contributed by atoms with E-state index < -0.39 is 18.0 Å². The molecule has 0 amide bonds. The number of carboxylic acids is 1. The van der Waals surface area contributed by atoms with E-state index in [0.717, 1.165) is 44.1 Å². The summed E-state index contributed by atoms with van der Waals surface area (Å²) in [6, 6.07) is 0. The first-order chi connectivity index (χ1) is 16.2. The van der Waals surface area contributed by atoms with Crippen molar-refractivity contribution in [1.82, 2.24) is 0 Å². The second-order valence-corrected chi connectivity index (χ2v) is 13.6. The highest BCUT2D eigenvalue weighted by Crippen LogP contribution is 2.72. The summed E-state index contributed by atoms with van der Waals surface area (Å²) < 4.78 is 0. The van der Waals surface area contributed by atoms with Crippen LogP contribution in [-0.4, -0.2) is 45.2 Å². The average Bonchev–Trinajstić information content (AvgIpc) is 2.99. The van der Waals surface area contributed by atoms with Gasteiger partial charge in [0.15, 0.2) is 0 Å². The normalized spacial score (nSPS) is 43.9. The fourth-order valence-electron chi connectivity index (χ4n) is 9.53. The van der Waals surface area contributed by atoms with E-state index in [1.54, 1.807) is 5.57 Å². The summed E-state index contributed by atoms with van der Waals surface area (Å²) in [5, 5.41) is 41.8. The number of carbonyl (C=O) groups is 1. The first-order valence-corrected chi connectivity index (χ1v) is 13.8. The zero-order valence-corrected chi connectivity index (χ0v) is 22.7. The second kappa shape index (κ2) is 8.99. The molecule has 4 aliphatic rings. The van der Waals surface area contributed by atoms with E-state index >= 15 is 0 Å². The van der Waals surface area contributed by atoms with Crippen LogP contribution < -0.4 is 0 Å². The molecule has 0 bridgehead atoms. The quantitative estimate of drug-likeness (QED) is 0.371. The summed E-state index contributed by atoms with van der Waals surface area (Å²) in [7, 11) is 0. The van der Waals surface area contributed by atoms with Crippen LogP contribution in [0, 0.1) is 39.4 Å². The molecule has 35 heavy (non-hydrogen) atoms. The van der Waals surface area contributed by atoms with Gasteiger partial charge in [-0.3, -0.25) is 4.79 Å². The van der Waals surface area contributed by atoms with Crippen LogP contribution in [0.4, 0.5) is 0 Å². The molecule has 0 aromatic heterocycles. The highest BCUT2D eigenvalue weighted by Gasteiger charge is 2.66. The summed E-state index contributed by atoms with van der Waals surface area (Å²) in [6.07, 6.45) is 8.53. The van der Waals surface area contributed by atoms with E-state index in [1.807, 2.05) is 13.0 Å². The predicted octanol–water partition coefficient (Wildman–Crippen LogP) is 5.49. The van der Waals surface area contributed by atoms with Crippen molar-refractivity contribution >= 4 is 5.97 Å². The van der Waals surface area contributed by atoms with Gasteiger partial charge in [0.25, 0.3) is 0 Å². The number of rotatable bonds is 6. The van der Waals surface area contributed by atoms with Crippen LogP contribution in [0.2, 0.25) is 0 Å². The predicted molar refractivity (Wildman–Crippen MR) is 138 cm³/mol. The summed E-state index contributed by atoms with van der Waals surface area (Å²) in [4.78, 5) is 12.5. The number of hydrogen-bond acceptors (Lipinski definition) is 4. The summed E-state index contributed by atoms with van der Waals surface area (Å²) in [6.45, 7) is 13.3. The number of carboxylic acid groups (broad SMARTS) is 1. The Hall–Kier alpha value is -1.17. The monoisotopic (exact) mass is 488 g/mol. The number of allylic oxidation sites excluding steroid dienone is 3. The zero-order chi connectivity index (χ0) is 26.0. The van der Waals surface area contributed by atoms with Crippen LogP contribution in [0.25, 0.3) is 0 Å². The molecule has 5 heteroatoms. The Labute approximate surface area is 211 Å².